The molecule has 0 fully saturated rings. The molecule has 1 unspecified atom stereocenters. The summed E-state index contributed by atoms with van der Waals surface area (Å²) in [7, 11) is 0. The number of benzene rings is 2. The molecule has 0 N–H and O–H groups in total. The number of hydrogen-bond acceptors (Lipinski definition) is 7. The van der Waals surface area contributed by atoms with Crippen LogP contribution in [0.1, 0.15) is 37.0 Å². The van der Waals surface area contributed by atoms with Gasteiger partial charge in [0.25, 0.3) is 0 Å². The van der Waals surface area contributed by atoms with Crippen molar-refractivity contribution in [2.24, 2.45) is 0 Å². The van der Waals surface area contributed by atoms with Crippen LogP contribution in [0.3, 0.4) is 0 Å². The van der Waals surface area contributed by atoms with Gasteiger partial charge in [-0.2, -0.15) is 5.26 Å². The van der Waals surface area contributed by atoms with Gasteiger partial charge in [-0.3, -0.25) is 0 Å². The van der Waals surface area contributed by atoms with Gasteiger partial charge in [-0.25, -0.2) is 9.59 Å². The summed E-state index contributed by atoms with van der Waals surface area (Å²) in [6, 6.07) is 13.3. The number of nitriles is 1. The first-order valence-electron chi connectivity index (χ1n) is 10.00. The standard InChI is InChI=1S/C23H22N2O5/c1-3-25(4-2)12-11-23(14-24)16-8-6-5-7-15(16)13-28-17-9-10-18-20(19(17)23)30-22(27)21(26)29-18/h5-10H,3-4,11-13H2,1-2H3. The second-order valence-corrected chi connectivity index (χ2v) is 7.28. The molecule has 0 saturated carbocycles. The van der Waals surface area contributed by atoms with Crippen molar-refractivity contribution in [3.05, 3.63) is 73.9 Å². The van der Waals surface area contributed by atoms with Gasteiger partial charge in [0.2, 0.25) is 0 Å². The van der Waals surface area contributed by atoms with E-state index in [1.165, 1.54) is 6.07 Å². The molecule has 1 aromatic heterocycles. The van der Waals surface area contributed by atoms with E-state index >= 15 is 0 Å². The molecule has 30 heavy (non-hydrogen) atoms. The summed E-state index contributed by atoms with van der Waals surface area (Å²) < 4.78 is 16.6. The highest BCUT2D eigenvalue weighted by Gasteiger charge is 2.43. The van der Waals surface area contributed by atoms with Crippen LogP contribution in [-0.2, 0) is 12.0 Å². The van der Waals surface area contributed by atoms with Gasteiger partial charge >= 0.3 is 11.3 Å². The maximum absolute atomic E-state index is 12.0. The maximum atomic E-state index is 12.0. The lowest BCUT2D eigenvalue weighted by Gasteiger charge is -2.31. The van der Waals surface area contributed by atoms with Gasteiger partial charge in [-0.1, -0.05) is 38.1 Å². The van der Waals surface area contributed by atoms with Crippen molar-refractivity contribution >= 4 is 11.2 Å². The van der Waals surface area contributed by atoms with Crippen LogP contribution in [0.5, 0.6) is 5.75 Å². The minimum atomic E-state index is -1.14. The van der Waals surface area contributed by atoms with E-state index in [4.69, 9.17) is 13.6 Å². The normalized spacial score (nSPS) is 17.7. The molecule has 0 radical (unpaired) electrons. The van der Waals surface area contributed by atoms with Crippen molar-refractivity contribution in [2.75, 3.05) is 19.6 Å². The predicted octanol–water partition coefficient (Wildman–Crippen LogP) is 3.18. The zero-order chi connectivity index (χ0) is 21.3. The molecule has 7 heteroatoms. The zero-order valence-electron chi connectivity index (χ0n) is 16.9. The molecule has 154 valence electrons. The van der Waals surface area contributed by atoms with E-state index < -0.39 is 16.7 Å². The van der Waals surface area contributed by atoms with E-state index in [1.807, 2.05) is 24.3 Å². The Balaban J connectivity index is 2.06. The fourth-order valence-electron chi connectivity index (χ4n) is 4.18. The summed E-state index contributed by atoms with van der Waals surface area (Å²) in [5, 5.41) is 10.6. The molecule has 1 aliphatic rings. The molecular formula is C23H22N2O5. The molecule has 0 spiro atoms. The maximum Gasteiger partial charge on any atom is 0.423 e. The highest BCUT2D eigenvalue weighted by atomic mass is 16.5. The Morgan fingerprint density at radius 2 is 1.80 bits per heavy atom. The Bertz CT molecular complexity index is 1250. The first kappa shape index (κ1) is 19.9. The highest BCUT2D eigenvalue weighted by Crippen LogP contribution is 2.47. The van der Waals surface area contributed by atoms with E-state index in [0.717, 1.165) is 24.2 Å². The topological polar surface area (TPSA) is 96.7 Å². The number of rotatable bonds is 5. The molecule has 7 nitrogen and oxygen atoms in total. The predicted molar refractivity (Wildman–Crippen MR) is 111 cm³/mol. The molecular weight excluding hydrogens is 384 g/mol. The minimum Gasteiger partial charge on any atom is -0.488 e. The molecule has 3 aromatic rings. The van der Waals surface area contributed by atoms with E-state index in [1.54, 1.807) is 6.07 Å². The molecule has 1 aliphatic heterocycles. The Hall–Kier alpha value is -3.37. The van der Waals surface area contributed by atoms with Crippen molar-refractivity contribution < 1.29 is 13.6 Å². The first-order chi connectivity index (χ1) is 14.5. The third-order valence-corrected chi connectivity index (χ3v) is 5.82. The smallest absolute Gasteiger partial charge is 0.423 e. The number of fused-ring (bicyclic) bond motifs is 4. The first-order valence-corrected chi connectivity index (χ1v) is 10.00. The Morgan fingerprint density at radius 3 is 2.53 bits per heavy atom. The fraction of sp³-hybridized carbons (Fsp3) is 0.348. The summed E-state index contributed by atoms with van der Waals surface area (Å²) in [5.41, 5.74) is -1.01. The summed E-state index contributed by atoms with van der Waals surface area (Å²) in [5.74, 6) is 0.441. The monoisotopic (exact) mass is 406 g/mol. The van der Waals surface area contributed by atoms with Crippen molar-refractivity contribution in [2.45, 2.75) is 32.3 Å². The second-order valence-electron chi connectivity index (χ2n) is 7.28. The fourth-order valence-corrected chi connectivity index (χ4v) is 4.18. The molecule has 0 bridgehead atoms. The van der Waals surface area contributed by atoms with Crippen LogP contribution in [0.15, 0.2) is 54.8 Å². The average molecular weight is 406 g/mol. The average Bonchev–Trinajstić information content (AvgIpc) is 2.91. The van der Waals surface area contributed by atoms with Gasteiger partial charge in [0.05, 0.1) is 11.6 Å². The van der Waals surface area contributed by atoms with Crippen molar-refractivity contribution in [1.82, 2.24) is 4.90 Å². The third kappa shape index (κ3) is 3.10. The lowest BCUT2D eigenvalue weighted by atomic mass is 9.71. The van der Waals surface area contributed by atoms with Gasteiger partial charge < -0.3 is 18.5 Å². The molecule has 4 rings (SSSR count). The highest BCUT2D eigenvalue weighted by molar-refractivity contribution is 5.81. The van der Waals surface area contributed by atoms with Crippen LogP contribution in [0, 0.1) is 11.3 Å². The number of nitrogens with zero attached hydrogens (tertiary/aromatic N) is 2. The lowest BCUT2D eigenvalue weighted by Crippen LogP contribution is -2.34. The quantitative estimate of drug-likeness (QED) is 0.600. The van der Waals surface area contributed by atoms with Crippen LogP contribution in [0.25, 0.3) is 11.2 Å². The van der Waals surface area contributed by atoms with Crippen LogP contribution in [-0.4, -0.2) is 24.5 Å². The van der Waals surface area contributed by atoms with E-state index in [0.29, 0.717) is 24.3 Å². The summed E-state index contributed by atoms with van der Waals surface area (Å²) in [6.45, 7) is 6.79. The largest absolute Gasteiger partial charge is 0.488 e. The zero-order valence-corrected chi connectivity index (χ0v) is 16.9. The Morgan fingerprint density at radius 1 is 1.07 bits per heavy atom. The summed E-state index contributed by atoms with van der Waals surface area (Å²) in [6.07, 6.45) is 0.459. The van der Waals surface area contributed by atoms with Crippen LogP contribution < -0.4 is 16.0 Å². The van der Waals surface area contributed by atoms with Gasteiger partial charge in [0, 0.05) is 6.54 Å². The molecule has 1 atom stereocenters. The number of hydrogen-bond donors (Lipinski definition) is 0. The van der Waals surface area contributed by atoms with E-state index in [2.05, 4.69) is 24.8 Å². The van der Waals surface area contributed by atoms with Crippen molar-refractivity contribution in [3.8, 4) is 11.8 Å². The van der Waals surface area contributed by atoms with Crippen molar-refractivity contribution in [1.29, 1.82) is 5.26 Å². The second kappa shape index (κ2) is 7.81. The van der Waals surface area contributed by atoms with E-state index in [9.17, 15) is 14.9 Å². The lowest BCUT2D eigenvalue weighted by molar-refractivity contribution is 0.283. The Labute approximate surface area is 173 Å². The molecule has 0 amide bonds. The van der Waals surface area contributed by atoms with Crippen LogP contribution >= 0.6 is 0 Å². The van der Waals surface area contributed by atoms with Crippen LogP contribution in [0.2, 0.25) is 0 Å². The van der Waals surface area contributed by atoms with E-state index in [-0.39, 0.29) is 17.8 Å². The van der Waals surface area contributed by atoms with Gasteiger partial charge in [-0.05, 0) is 42.8 Å². The molecule has 0 aliphatic carbocycles. The SMILES string of the molecule is CCN(CC)CCC1(C#N)c2ccccc2COc2ccc3oc(=O)c(=O)oc3c21. The van der Waals surface area contributed by atoms with Crippen molar-refractivity contribution in [3.63, 3.8) is 0 Å². The van der Waals surface area contributed by atoms with Crippen LogP contribution in [0.4, 0.5) is 0 Å². The third-order valence-electron chi connectivity index (χ3n) is 5.82. The van der Waals surface area contributed by atoms with Gasteiger partial charge in [0.15, 0.2) is 11.2 Å². The minimum absolute atomic E-state index is 0.0786. The molecule has 2 aromatic carbocycles. The molecule has 0 saturated heterocycles. The Kier molecular flexibility index (Phi) is 5.18. The molecule has 2 heterocycles. The summed E-state index contributed by atoms with van der Waals surface area (Å²) >= 11 is 0. The van der Waals surface area contributed by atoms with Gasteiger partial charge in [0.1, 0.15) is 17.8 Å². The van der Waals surface area contributed by atoms with Gasteiger partial charge in [-0.15, -0.1) is 0 Å². The summed E-state index contributed by atoms with van der Waals surface area (Å²) in [4.78, 5) is 25.9. The number of ether oxygens (including phenoxy) is 1.